The van der Waals surface area contributed by atoms with Crippen molar-refractivity contribution in [1.82, 2.24) is 0 Å². The molecular formula is C8H8BNO3S. The summed E-state index contributed by atoms with van der Waals surface area (Å²) < 4.78 is 1.13. The molecule has 0 aliphatic carbocycles. The second-order valence-electron chi connectivity index (χ2n) is 2.93. The number of hydrogen-bond donors (Lipinski definition) is 4. The number of anilines is 1. The topological polar surface area (TPSA) is 86.7 Å². The molecule has 0 amide bonds. The predicted octanol–water partition coefficient (Wildman–Crippen LogP) is -0.131. The summed E-state index contributed by atoms with van der Waals surface area (Å²) in [4.78, 5) is 0. The summed E-state index contributed by atoms with van der Waals surface area (Å²) in [5.41, 5.74) is 6.00. The first kappa shape index (κ1) is 9.33. The van der Waals surface area contributed by atoms with E-state index in [0.717, 1.165) is 4.70 Å². The summed E-state index contributed by atoms with van der Waals surface area (Å²) >= 11 is 1.20. The molecule has 1 aromatic heterocycles. The molecule has 0 aliphatic rings. The number of nitrogens with two attached hydrogens (primary N) is 1. The van der Waals surface area contributed by atoms with E-state index in [1.54, 1.807) is 6.07 Å². The normalized spacial score (nSPS) is 10.7. The maximum absolute atomic E-state index is 9.23. The van der Waals surface area contributed by atoms with Crippen LogP contribution in [0.1, 0.15) is 0 Å². The fourth-order valence-corrected chi connectivity index (χ4v) is 2.29. The number of phenols is 1. The van der Waals surface area contributed by atoms with Crippen LogP contribution in [0.4, 0.5) is 5.69 Å². The Hall–Kier alpha value is -1.24. The number of fused-ring (bicyclic) bond motifs is 1. The molecule has 5 N–H and O–H groups in total. The molecule has 0 spiro atoms. The Bertz CT molecular complexity index is 483. The highest BCUT2D eigenvalue weighted by atomic mass is 32.1. The van der Waals surface area contributed by atoms with Crippen molar-refractivity contribution in [1.29, 1.82) is 0 Å². The first-order chi connectivity index (χ1) is 6.59. The average Bonchev–Trinajstić information content (AvgIpc) is 2.44. The van der Waals surface area contributed by atoms with Gasteiger partial charge in [-0.1, -0.05) is 0 Å². The van der Waals surface area contributed by atoms with E-state index in [1.807, 2.05) is 0 Å². The number of phenolic OH excluding ortho intramolecular Hbond substituents is 1. The molecule has 0 saturated carbocycles. The third-order valence-corrected chi connectivity index (χ3v) is 3.20. The van der Waals surface area contributed by atoms with Crippen molar-refractivity contribution in [2.45, 2.75) is 0 Å². The molecule has 6 heteroatoms. The molecule has 2 rings (SSSR count). The third kappa shape index (κ3) is 1.33. The average molecular weight is 209 g/mol. The Balaban J connectivity index is 2.74. The summed E-state index contributed by atoms with van der Waals surface area (Å²) in [6.45, 7) is 0. The highest BCUT2D eigenvalue weighted by Gasteiger charge is 2.20. The lowest BCUT2D eigenvalue weighted by Crippen LogP contribution is -2.28. The quantitative estimate of drug-likeness (QED) is 0.492. The van der Waals surface area contributed by atoms with Crippen LogP contribution < -0.4 is 10.5 Å². The molecular weight excluding hydrogens is 201 g/mol. The zero-order chi connectivity index (χ0) is 10.3. The Labute approximate surface area is 84.4 Å². The van der Waals surface area contributed by atoms with Gasteiger partial charge in [0.2, 0.25) is 0 Å². The molecule has 0 bridgehead atoms. The maximum Gasteiger partial charge on any atom is 0.501 e. The van der Waals surface area contributed by atoms with Crippen molar-refractivity contribution < 1.29 is 15.2 Å². The molecule has 0 radical (unpaired) electrons. The predicted molar refractivity (Wildman–Crippen MR) is 57.7 cm³/mol. The highest BCUT2D eigenvalue weighted by Crippen LogP contribution is 2.29. The zero-order valence-electron chi connectivity index (χ0n) is 7.14. The van der Waals surface area contributed by atoms with E-state index < -0.39 is 7.12 Å². The van der Waals surface area contributed by atoms with Gasteiger partial charge in [-0.2, -0.15) is 0 Å². The van der Waals surface area contributed by atoms with E-state index in [-0.39, 0.29) is 5.75 Å². The van der Waals surface area contributed by atoms with Gasteiger partial charge in [0.15, 0.2) is 0 Å². The van der Waals surface area contributed by atoms with Gasteiger partial charge < -0.3 is 20.9 Å². The monoisotopic (exact) mass is 209 g/mol. The molecule has 0 unspecified atom stereocenters. The van der Waals surface area contributed by atoms with Gasteiger partial charge in [-0.05, 0) is 18.2 Å². The van der Waals surface area contributed by atoms with E-state index in [1.165, 1.54) is 23.5 Å². The summed E-state index contributed by atoms with van der Waals surface area (Å²) in [6, 6.07) is 4.73. The van der Waals surface area contributed by atoms with Crippen molar-refractivity contribution in [2.24, 2.45) is 0 Å². The highest BCUT2D eigenvalue weighted by molar-refractivity contribution is 7.28. The first-order valence-electron chi connectivity index (χ1n) is 3.96. The molecule has 1 aromatic carbocycles. The fourth-order valence-electron chi connectivity index (χ4n) is 1.32. The van der Waals surface area contributed by atoms with Crippen molar-refractivity contribution in [3.63, 3.8) is 0 Å². The van der Waals surface area contributed by atoms with Crippen LogP contribution in [-0.2, 0) is 0 Å². The minimum atomic E-state index is -1.56. The van der Waals surface area contributed by atoms with Crippen LogP contribution in [0.15, 0.2) is 18.2 Å². The lowest BCUT2D eigenvalue weighted by Gasteiger charge is -1.95. The molecule has 4 nitrogen and oxygen atoms in total. The first-order valence-corrected chi connectivity index (χ1v) is 4.78. The SMILES string of the molecule is Nc1c(B(O)O)sc2ccc(O)cc12. The molecule has 72 valence electrons. The van der Waals surface area contributed by atoms with E-state index in [2.05, 4.69) is 0 Å². The van der Waals surface area contributed by atoms with Crippen LogP contribution in [-0.4, -0.2) is 22.3 Å². The van der Waals surface area contributed by atoms with Crippen LogP contribution in [0.25, 0.3) is 10.1 Å². The lowest BCUT2D eigenvalue weighted by atomic mass is 9.88. The smallest absolute Gasteiger partial charge is 0.501 e. The number of nitrogen functional groups attached to an aromatic ring is 1. The molecule has 14 heavy (non-hydrogen) atoms. The van der Waals surface area contributed by atoms with Gasteiger partial charge in [-0.3, -0.25) is 0 Å². The van der Waals surface area contributed by atoms with E-state index in [0.29, 0.717) is 15.9 Å². The van der Waals surface area contributed by atoms with Gasteiger partial charge in [0.1, 0.15) is 5.75 Å². The number of rotatable bonds is 1. The van der Waals surface area contributed by atoms with Crippen LogP contribution in [0.3, 0.4) is 0 Å². The molecule has 1 heterocycles. The Kier molecular flexibility index (Phi) is 2.11. The molecule has 0 fully saturated rings. The van der Waals surface area contributed by atoms with Gasteiger partial charge in [0.05, 0.1) is 10.5 Å². The number of thiophene rings is 1. The second-order valence-corrected chi connectivity index (χ2v) is 4.02. The molecule has 2 aromatic rings. The van der Waals surface area contributed by atoms with E-state index in [9.17, 15) is 5.11 Å². The second kappa shape index (κ2) is 3.16. The van der Waals surface area contributed by atoms with Gasteiger partial charge in [0, 0.05) is 10.1 Å². The molecule has 0 aliphatic heterocycles. The Morgan fingerprint density at radius 2 is 2.00 bits per heavy atom. The van der Waals surface area contributed by atoms with Gasteiger partial charge in [0.25, 0.3) is 0 Å². The Morgan fingerprint density at radius 1 is 1.29 bits per heavy atom. The summed E-state index contributed by atoms with van der Waals surface area (Å²) in [5.74, 6) is 0.112. The van der Waals surface area contributed by atoms with Crippen molar-refractivity contribution in [3.05, 3.63) is 18.2 Å². The Morgan fingerprint density at radius 3 is 2.64 bits per heavy atom. The van der Waals surface area contributed by atoms with Crippen molar-refractivity contribution in [3.8, 4) is 5.75 Å². The van der Waals surface area contributed by atoms with Crippen LogP contribution in [0.5, 0.6) is 5.75 Å². The van der Waals surface area contributed by atoms with Gasteiger partial charge in [-0.15, -0.1) is 11.3 Å². The summed E-state index contributed by atoms with van der Waals surface area (Å²) in [7, 11) is -1.56. The van der Waals surface area contributed by atoms with E-state index in [4.69, 9.17) is 15.8 Å². The fraction of sp³-hybridized carbons (Fsp3) is 0. The zero-order valence-corrected chi connectivity index (χ0v) is 7.95. The lowest BCUT2D eigenvalue weighted by molar-refractivity contribution is 0.427. The van der Waals surface area contributed by atoms with Crippen LogP contribution >= 0.6 is 11.3 Å². The number of aromatic hydroxyl groups is 1. The largest absolute Gasteiger partial charge is 0.508 e. The number of benzene rings is 1. The minimum absolute atomic E-state index is 0.112. The summed E-state index contributed by atoms with van der Waals surface area (Å²) in [5, 5.41) is 27.9. The summed E-state index contributed by atoms with van der Waals surface area (Å²) in [6.07, 6.45) is 0. The standard InChI is InChI=1S/C8H8BNO3S/c10-7-5-3-4(11)1-2-6(5)14-8(7)9(12)13/h1-3,11-13H,10H2. The molecule has 0 saturated heterocycles. The van der Waals surface area contributed by atoms with Crippen LogP contribution in [0.2, 0.25) is 0 Å². The third-order valence-electron chi connectivity index (χ3n) is 1.97. The number of hydrogen-bond acceptors (Lipinski definition) is 5. The van der Waals surface area contributed by atoms with Crippen LogP contribution in [0, 0.1) is 0 Å². The van der Waals surface area contributed by atoms with Gasteiger partial charge in [-0.25, -0.2) is 0 Å². The van der Waals surface area contributed by atoms with Gasteiger partial charge >= 0.3 is 7.12 Å². The maximum atomic E-state index is 9.23. The van der Waals surface area contributed by atoms with Crippen molar-refractivity contribution in [2.75, 3.05) is 5.73 Å². The minimum Gasteiger partial charge on any atom is -0.508 e. The van der Waals surface area contributed by atoms with Crippen molar-refractivity contribution >= 4 is 39.0 Å². The van der Waals surface area contributed by atoms with E-state index >= 15 is 0 Å². The molecule has 0 atom stereocenters.